The van der Waals surface area contributed by atoms with Gasteiger partial charge in [-0.15, -0.1) is 0 Å². The minimum atomic E-state index is -0.00958. The predicted molar refractivity (Wildman–Crippen MR) is 124 cm³/mol. The fraction of sp³-hybridized carbons (Fsp3) is 0.556. The van der Waals surface area contributed by atoms with Crippen molar-refractivity contribution in [3.8, 4) is 0 Å². The Hall–Kier alpha value is -2.00. The Labute approximate surface area is 182 Å². The van der Waals surface area contributed by atoms with Gasteiger partial charge >= 0.3 is 0 Å². The van der Waals surface area contributed by atoms with Crippen LogP contribution in [-0.2, 0) is 6.42 Å². The van der Waals surface area contributed by atoms with Crippen LogP contribution in [-0.4, -0.2) is 36.1 Å². The van der Waals surface area contributed by atoms with Crippen molar-refractivity contribution >= 4 is 11.6 Å². The number of aryl methyl sites for hydroxylation is 1. The fourth-order valence-electron chi connectivity index (χ4n) is 5.25. The van der Waals surface area contributed by atoms with Gasteiger partial charge < -0.3 is 4.90 Å². The second-order valence-corrected chi connectivity index (χ2v) is 9.58. The van der Waals surface area contributed by atoms with Gasteiger partial charge in [0, 0.05) is 24.4 Å². The minimum absolute atomic E-state index is 0. The van der Waals surface area contributed by atoms with Crippen molar-refractivity contribution in [2.24, 2.45) is 17.8 Å². The van der Waals surface area contributed by atoms with Crippen LogP contribution in [0, 0.1) is 17.8 Å². The van der Waals surface area contributed by atoms with Crippen molar-refractivity contribution < 1.29 is 11.0 Å². The van der Waals surface area contributed by atoms with Crippen LogP contribution >= 0.6 is 0 Å². The average molecular weight is 408 g/mol. The number of fused-ring (bicyclic) bond motifs is 1. The summed E-state index contributed by atoms with van der Waals surface area (Å²) in [4.78, 5) is 27.9. The Kier molecular flexibility index (Phi) is 6.67. The lowest BCUT2D eigenvalue weighted by Gasteiger charge is -2.34. The number of ketones is 2. The van der Waals surface area contributed by atoms with E-state index in [-0.39, 0.29) is 24.8 Å². The molecular weight excluding hydrogens is 370 g/mol. The van der Waals surface area contributed by atoms with Gasteiger partial charge in [0.05, 0.1) is 0 Å². The molecule has 1 fully saturated rings. The first-order chi connectivity index (χ1) is 14.5. The number of allylic oxidation sites excluding steroid dienone is 4. The highest BCUT2D eigenvalue weighted by Crippen LogP contribution is 2.31. The number of Topliss-reactive ketones (excluding diaryl/α,β-unsaturated/α-hetero) is 2. The van der Waals surface area contributed by atoms with Crippen LogP contribution in [0.2, 0.25) is 0 Å². The third kappa shape index (κ3) is 4.67. The highest BCUT2D eigenvalue weighted by molar-refractivity contribution is 6.03. The van der Waals surface area contributed by atoms with E-state index in [0.29, 0.717) is 0 Å². The average Bonchev–Trinajstić information content (AvgIpc) is 2.79. The molecule has 162 valence electrons. The van der Waals surface area contributed by atoms with E-state index in [2.05, 4.69) is 23.1 Å². The molecule has 0 saturated carbocycles. The summed E-state index contributed by atoms with van der Waals surface area (Å²) in [7, 11) is 0. The minimum Gasteiger partial charge on any atom is -0.303 e. The summed E-state index contributed by atoms with van der Waals surface area (Å²) in [5.41, 5.74) is 4.22. The molecule has 3 heteroatoms. The van der Waals surface area contributed by atoms with Crippen LogP contribution in [0.5, 0.6) is 0 Å². The molecule has 3 nitrogen and oxygen atoms in total. The van der Waals surface area contributed by atoms with Gasteiger partial charge in [0.15, 0.2) is 11.6 Å². The normalized spacial score (nSPS) is 22.8. The number of hydrogen-bond acceptors (Lipinski definition) is 3. The summed E-state index contributed by atoms with van der Waals surface area (Å²) in [6.45, 7) is 7.17. The van der Waals surface area contributed by atoms with Gasteiger partial charge in [-0.1, -0.05) is 44.2 Å². The maximum Gasteiger partial charge on any atom is 0.166 e. The van der Waals surface area contributed by atoms with E-state index in [9.17, 15) is 9.59 Å². The molecule has 1 aliphatic heterocycles. The number of carbonyl (C=O) groups excluding carboxylic acids is 2. The fourth-order valence-corrected chi connectivity index (χ4v) is 5.25. The number of nitrogens with zero attached hydrogens (tertiary/aromatic N) is 1. The highest BCUT2D eigenvalue weighted by atomic mass is 16.1. The zero-order valence-corrected chi connectivity index (χ0v) is 18.5. The molecule has 1 unspecified atom stereocenters. The number of likely N-dealkylation sites (tertiary alicyclic amines) is 1. The number of piperidine rings is 1. The first kappa shape index (κ1) is 21.2. The molecule has 2 aliphatic carbocycles. The second-order valence-electron chi connectivity index (χ2n) is 9.58. The molecule has 0 N–H and O–H groups in total. The largest absolute Gasteiger partial charge is 0.303 e. The predicted octanol–water partition coefficient (Wildman–Crippen LogP) is 5.89. The molecule has 1 heterocycles. The zero-order valence-electron chi connectivity index (χ0n) is 18.5. The summed E-state index contributed by atoms with van der Waals surface area (Å²) in [5.74, 6) is 1.29. The van der Waals surface area contributed by atoms with E-state index in [0.717, 1.165) is 61.5 Å². The summed E-state index contributed by atoms with van der Waals surface area (Å²) in [6, 6.07) is 5.71. The van der Waals surface area contributed by atoms with E-state index in [1.807, 2.05) is 32.0 Å². The molecule has 0 aromatic heterocycles. The van der Waals surface area contributed by atoms with E-state index >= 15 is 0 Å². The van der Waals surface area contributed by atoms with Crippen molar-refractivity contribution in [3.63, 3.8) is 0 Å². The summed E-state index contributed by atoms with van der Waals surface area (Å²) in [6.07, 6.45) is 14.7. The Morgan fingerprint density at radius 1 is 1.17 bits per heavy atom. The third-order valence-corrected chi connectivity index (χ3v) is 7.19. The monoisotopic (exact) mass is 407 g/mol. The molecule has 0 amide bonds. The van der Waals surface area contributed by atoms with Crippen LogP contribution in [0.1, 0.15) is 80.1 Å². The highest BCUT2D eigenvalue weighted by Gasteiger charge is 2.29. The van der Waals surface area contributed by atoms with E-state index in [1.165, 1.54) is 25.7 Å². The zero-order chi connectivity index (χ0) is 21.1. The molecule has 1 aromatic rings. The van der Waals surface area contributed by atoms with Gasteiger partial charge in [-0.25, -0.2) is 0 Å². The first-order valence-electron chi connectivity index (χ1n) is 11.8. The van der Waals surface area contributed by atoms with E-state index in [4.69, 9.17) is 0 Å². The van der Waals surface area contributed by atoms with Gasteiger partial charge in [0.2, 0.25) is 0 Å². The molecule has 3 aliphatic rings. The van der Waals surface area contributed by atoms with Gasteiger partial charge in [0.25, 0.3) is 0 Å². The Balaban J connectivity index is 0.00000272. The van der Waals surface area contributed by atoms with Gasteiger partial charge in [-0.3, -0.25) is 9.59 Å². The van der Waals surface area contributed by atoms with Crippen LogP contribution in [0.25, 0.3) is 0 Å². The van der Waals surface area contributed by atoms with Crippen molar-refractivity contribution in [1.29, 1.82) is 0 Å². The summed E-state index contributed by atoms with van der Waals surface area (Å²) >= 11 is 0. The number of benzene rings is 1. The second kappa shape index (κ2) is 9.43. The lowest BCUT2D eigenvalue weighted by molar-refractivity contribution is 0.0873. The van der Waals surface area contributed by atoms with E-state index < -0.39 is 0 Å². The Bertz CT molecular complexity index is 862. The lowest BCUT2D eigenvalue weighted by Crippen LogP contribution is -2.36. The quantitative estimate of drug-likeness (QED) is 0.551. The standard InChI is InChI=1S/C27H35NO2.H2/c1-19(2)26(29)24-10-11-25-23(18-24)9-8-22(27(25)30)14-17-28-15-12-21(13-16-28)20-6-4-3-5-7-20;/h4,6-7,10-11,18-19,21-22H,3,5,8-9,12-17H2,1-2H3;1H. The van der Waals surface area contributed by atoms with Gasteiger partial charge in [0.1, 0.15) is 0 Å². The third-order valence-electron chi connectivity index (χ3n) is 7.19. The molecule has 4 rings (SSSR count). The molecule has 1 atom stereocenters. The molecule has 0 spiro atoms. The number of hydrogen-bond donors (Lipinski definition) is 0. The van der Waals surface area contributed by atoms with Crippen molar-refractivity contribution in [2.45, 2.75) is 58.8 Å². The molecule has 0 radical (unpaired) electrons. The number of rotatable bonds is 6. The summed E-state index contributed by atoms with van der Waals surface area (Å²) in [5, 5.41) is 0. The van der Waals surface area contributed by atoms with Crippen LogP contribution in [0.4, 0.5) is 0 Å². The maximum absolute atomic E-state index is 13.0. The van der Waals surface area contributed by atoms with Crippen LogP contribution in [0.15, 0.2) is 42.0 Å². The smallest absolute Gasteiger partial charge is 0.166 e. The van der Waals surface area contributed by atoms with Crippen LogP contribution in [0.3, 0.4) is 0 Å². The lowest BCUT2D eigenvalue weighted by atomic mass is 9.79. The van der Waals surface area contributed by atoms with Gasteiger partial charge in [-0.2, -0.15) is 0 Å². The Morgan fingerprint density at radius 3 is 2.67 bits per heavy atom. The number of carbonyl (C=O) groups is 2. The maximum atomic E-state index is 13.0. The molecule has 1 aromatic carbocycles. The van der Waals surface area contributed by atoms with E-state index in [1.54, 1.807) is 5.57 Å². The van der Waals surface area contributed by atoms with Crippen LogP contribution < -0.4 is 0 Å². The SMILES string of the molecule is CC(C)C(=O)c1ccc2c(c1)CCC(CCN1CCC(C3=CCCC=C3)CC1)C2=O.[HH]. The first-order valence-corrected chi connectivity index (χ1v) is 11.8. The molecular formula is C27H37NO2. The summed E-state index contributed by atoms with van der Waals surface area (Å²) < 4.78 is 0. The van der Waals surface area contributed by atoms with Crippen molar-refractivity contribution in [3.05, 3.63) is 58.7 Å². The Morgan fingerprint density at radius 2 is 1.97 bits per heavy atom. The molecule has 0 bridgehead atoms. The van der Waals surface area contributed by atoms with Crippen molar-refractivity contribution in [2.75, 3.05) is 19.6 Å². The van der Waals surface area contributed by atoms with Crippen molar-refractivity contribution in [1.82, 2.24) is 4.90 Å². The van der Waals surface area contributed by atoms with Gasteiger partial charge in [-0.05, 0) is 87.7 Å². The molecule has 30 heavy (non-hydrogen) atoms. The molecule has 1 saturated heterocycles. The topological polar surface area (TPSA) is 37.4 Å².